The van der Waals surface area contributed by atoms with Crippen LogP contribution in [0.3, 0.4) is 0 Å². The second kappa shape index (κ2) is 9.50. The highest BCUT2D eigenvalue weighted by Crippen LogP contribution is 2.59. The number of aliphatic hydroxyl groups is 1. The van der Waals surface area contributed by atoms with Crippen molar-refractivity contribution in [3.63, 3.8) is 0 Å². The first-order valence-electron chi connectivity index (χ1n) is 10.8. The maximum absolute atomic E-state index is 10.5. The molecule has 4 rings (SSSR count). The monoisotopic (exact) mass is 403 g/mol. The molecule has 0 radical (unpaired) electrons. The van der Waals surface area contributed by atoms with Crippen molar-refractivity contribution in [3.8, 4) is 11.5 Å². The van der Waals surface area contributed by atoms with Crippen molar-refractivity contribution in [2.24, 2.45) is 17.3 Å². The molecule has 3 aliphatic carbocycles. The number of allylic oxidation sites excluding steroid dienone is 1. The minimum atomic E-state index is -0.499. The van der Waals surface area contributed by atoms with Gasteiger partial charge in [-0.1, -0.05) is 32.9 Å². The average molecular weight is 404 g/mol. The second-order valence-corrected chi connectivity index (χ2v) is 9.01. The van der Waals surface area contributed by atoms with Gasteiger partial charge in [0, 0.05) is 13.1 Å². The van der Waals surface area contributed by atoms with Gasteiger partial charge in [-0.3, -0.25) is 4.90 Å². The third-order valence-electron chi connectivity index (χ3n) is 6.93. The Balaban J connectivity index is 1.45. The Morgan fingerprint density at radius 1 is 1.21 bits per heavy atom. The number of hydrogen-bond acceptors (Lipinski definition) is 5. The summed E-state index contributed by atoms with van der Waals surface area (Å²) < 4.78 is 16.6. The van der Waals surface area contributed by atoms with Crippen molar-refractivity contribution >= 4 is 0 Å². The number of fused-ring (bicyclic) bond motifs is 1. The van der Waals surface area contributed by atoms with Crippen molar-refractivity contribution in [2.45, 2.75) is 46.3 Å². The van der Waals surface area contributed by atoms with Gasteiger partial charge in [0.25, 0.3) is 0 Å². The van der Waals surface area contributed by atoms with Crippen molar-refractivity contribution in [1.29, 1.82) is 0 Å². The van der Waals surface area contributed by atoms with E-state index in [1.54, 1.807) is 14.2 Å². The Labute approximate surface area is 175 Å². The standard InChI is InChI=1S/C24H37NO4/c1-6-25(13-17-7-10-22(27-4)23(11-17)28-5)14-20(26)16-29-15-18-8-9-19-12-21(18)24(19,2)3/h7-8,10-11,19-21,26H,6,9,12-16H2,1-5H3. The highest BCUT2D eigenvalue weighted by Gasteiger charge is 2.50. The van der Waals surface area contributed by atoms with E-state index in [4.69, 9.17) is 14.2 Å². The lowest BCUT2D eigenvalue weighted by molar-refractivity contribution is -0.0262. The van der Waals surface area contributed by atoms with Gasteiger partial charge in [0.15, 0.2) is 11.5 Å². The summed E-state index contributed by atoms with van der Waals surface area (Å²) in [6.45, 7) is 10.1. The van der Waals surface area contributed by atoms with Gasteiger partial charge in [0.05, 0.1) is 33.5 Å². The number of methoxy groups -OCH3 is 2. The summed E-state index contributed by atoms with van der Waals surface area (Å²) >= 11 is 0. The van der Waals surface area contributed by atoms with Gasteiger partial charge in [-0.2, -0.15) is 0 Å². The first-order chi connectivity index (χ1) is 13.9. The van der Waals surface area contributed by atoms with Crippen molar-refractivity contribution in [1.82, 2.24) is 4.90 Å². The van der Waals surface area contributed by atoms with Crippen molar-refractivity contribution in [2.75, 3.05) is 40.5 Å². The van der Waals surface area contributed by atoms with E-state index in [0.29, 0.717) is 31.1 Å². The van der Waals surface area contributed by atoms with Gasteiger partial charge in [-0.25, -0.2) is 0 Å². The minimum absolute atomic E-state index is 0.371. The van der Waals surface area contributed by atoms with Crippen LogP contribution in [0.1, 0.15) is 39.2 Å². The minimum Gasteiger partial charge on any atom is -0.493 e. The van der Waals surface area contributed by atoms with Crippen LogP contribution < -0.4 is 9.47 Å². The van der Waals surface area contributed by atoms with E-state index >= 15 is 0 Å². The van der Waals surface area contributed by atoms with Crippen LogP contribution in [0.5, 0.6) is 11.5 Å². The Hall–Kier alpha value is -1.56. The molecule has 3 aliphatic rings. The lowest BCUT2D eigenvalue weighted by Crippen LogP contribution is -2.48. The molecular weight excluding hydrogens is 366 g/mol. The van der Waals surface area contributed by atoms with Gasteiger partial charge in [0.2, 0.25) is 0 Å². The first kappa shape index (κ1) is 22.1. The molecule has 1 saturated carbocycles. The number of nitrogens with zero attached hydrogens (tertiary/aromatic N) is 1. The maximum Gasteiger partial charge on any atom is 0.161 e. The van der Waals surface area contributed by atoms with Crippen molar-refractivity contribution in [3.05, 3.63) is 35.4 Å². The summed E-state index contributed by atoms with van der Waals surface area (Å²) in [7, 11) is 3.28. The summed E-state index contributed by atoms with van der Waals surface area (Å²) in [5.74, 6) is 2.96. The van der Waals surface area contributed by atoms with Gasteiger partial charge < -0.3 is 19.3 Å². The molecule has 0 heterocycles. The lowest BCUT2D eigenvalue weighted by atomic mass is 9.49. The predicted octanol–water partition coefficient (Wildman–Crippen LogP) is 3.90. The molecule has 29 heavy (non-hydrogen) atoms. The van der Waals surface area contributed by atoms with Gasteiger partial charge in [-0.15, -0.1) is 0 Å². The molecule has 0 saturated heterocycles. The number of aliphatic hydroxyl groups excluding tert-OH is 1. The smallest absolute Gasteiger partial charge is 0.161 e. The quantitative estimate of drug-likeness (QED) is 0.568. The molecule has 162 valence electrons. The molecule has 1 N–H and O–H groups in total. The fourth-order valence-corrected chi connectivity index (χ4v) is 4.85. The number of benzene rings is 1. The normalized spacial score (nSPS) is 23.3. The topological polar surface area (TPSA) is 51.2 Å². The summed E-state index contributed by atoms with van der Waals surface area (Å²) in [6, 6.07) is 5.95. The summed E-state index contributed by atoms with van der Waals surface area (Å²) in [5.41, 5.74) is 2.99. The van der Waals surface area contributed by atoms with Crippen LogP contribution in [0.4, 0.5) is 0 Å². The van der Waals surface area contributed by atoms with Crippen LogP contribution in [0.15, 0.2) is 29.8 Å². The van der Waals surface area contributed by atoms with Crippen LogP contribution in [-0.2, 0) is 11.3 Å². The average Bonchev–Trinajstić information content (AvgIpc) is 2.73. The van der Waals surface area contributed by atoms with Crippen LogP contribution in [0, 0.1) is 17.3 Å². The van der Waals surface area contributed by atoms with E-state index in [9.17, 15) is 5.11 Å². The molecule has 0 aromatic heterocycles. The zero-order valence-corrected chi connectivity index (χ0v) is 18.6. The summed E-state index contributed by atoms with van der Waals surface area (Å²) in [4.78, 5) is 2.22. The highest BCUT2D eigenvalue weighted by molar-refractivity contribution is 5.42. The Morgan fingerprint density at radius 3 is 2.59 bits per heavy atom. The molecule has 0 spiro atoms. The molecular formula is C24H37NO4. The Kier molecular flexibility index (Phi) is 7.25. The Morgan fingerprint density at radius 2 is 1.97 bits per heavy atom. The highest BCUT2D eigenvalue weighted by atomic mass is 16.5. The van der Waals surface area contributed by atoms with Gasteiger partial charge in [0.1, 0.15) is 0 Å². The molecule has 3 unspecified atom stereocenters. The predicted molar refractivity (Wildman–Crippen MR) is 115 cm³/mol. The van der Waals surface area contributed by atoms with E-state index in [-0.39, 0.29) is 0 Å². The molecule has 3 atom stereocenters. The molecule has 2 bridgehead atoms. The van der Waals surface area contributed by atoms with Crippen LogP contribution in [0.25, 0.3) is 0 Å². The van der Waals surface area contributed by atoms with E-state index in [0.717, 1.165) is 36.1 Å². The molecule has 5 heteroatoms. The van der Waals surface area contributed by atoms with Gasteiger partial charge in [-0.05, 0) is 59.9 Å². The molecule has 0 aliphatic heterocycles. The Bertz CT molecular complexity index is 715. The molecule has 0 amide bonds. The van der Waals surface area contributed by atoms with Crippen molar-refractivity contribution < 1.29 is 19.3 Å². The SMILES string of the molecule is CCN(Cc1ccc(OC)c(OC)c1)CC(O)COCC1=CCC2CC1C2(C)C. The molecule has 1 fully saturated rings. The largest absolute Gasteiger partial charge is 0.493 e. The third kappa shape index (κ3) is 4.96. The summed E-state index contributed by atoms with van der Waals surface area (Å²) in [6.07, 6.45) is 4.35. The number of ether oxygens (including phenoxy) is 3. The molecule has 5 nitrogen and oxygen atoms in total. The number of rotatable bonds is 11. The molecule has 1 aromatic rings. The fraction of sp³-hybridized carbons (Fsp3) is 0.667. The number of likely N-dealkylation sites (N-methyl/N-ethyl adjacent to an activating group) is 1. The summed E-state index contributed by atoms with van der Waals surface area (Å²) in [5, 5.41) is 10.5. The fourth-order valence-electron chi connectivity index (χ4n) is 4.85. The maximum atomic E-state index is 10.5. The second-order valence-electron chi connectivity index (χ2n) is 9.01. The van der Waals surface area contributed by atoms with E-state index in [2.05, 4.69) is 31.7 Å². The van der Waals surface area contributed by atoms with E-state index in [1.165, 1.54) is 18.4 Å². The van der Waals surface area contributed by atoms with Gasteiger partial charge >= 0.3 is 0 Å². The first-order valence-corrected chi connectivity index (χ1v) is 10.8. The number of hydrogen-bond donors (Lipinski definition) is 1. The lowest BCUT2D eigenvalue weighted by Gasteiger charge is -2.56. The van der Waals surface area contributed by atoms with E-state index in [1.807, 2.05) is 18.2 Å². The van der Waals surface area contributed by atoms with Crippen LogP contribution >= 0.6 is 0 Å². The van der Waals surface area contributed by atoms with Crippen LogP contribution in [0.2, 0.25) is 0 Å². The van der Waals surface area contributed by atoms with Crippen LogP contribution in [-0.4, -0.2) is 56.6 Å². The zero-order valence-electron chi connectivity index (χ0n) is 18.6. The van der Waals surface area contributed by atoms with E-state index < -0.39 is 6.10 Å². The molecule has 1 aromatic carbocycles. The zero-order chi connectivity index (χ0) is 21.0. The third-order valence-corrected chi connectivity index (χ3v) is 6.93.